The standard InChI is InChI=1S/C12H13N5O5/c18-16(19)8-6-9(17(20)21)11-12(15-22-14-11)10(8)13-7-4-2-1-3-5-7/h6-7,13H,1-5H2. The third kappa shape index (κ3) is 2.43. The van der Waals surface area contributed by atoms with Crippen LogP contribution in [-0.2, 0) is 0 Å². The molecule has 22 heavy (non-hydrogen) atoms. The molecule has 1 saturated carbocycles. The van der Waals surface area contributed by atoms with Crippen molar-refractivity contribution >= 4 is 28.1 Å². The molecule has 0 bridgehead atoms. The van der Waals surface area contributed by atoms with Crippen LogP contribution in [0.4, 0.5) is 17.1 Å². The Morgan fingerprint density at radius 2 is 1.68 bits per heavy atom. The number of anilines is 1. The molecule has 1 heterocycles. The Kier molecular flexibility index (Phi) is 3.57. The van der Waals surface area contributed by atoms with Gasteiger partial charge >= 0.3 is 11.4 Å². The van der Waals surface area contributed by atoms with Gasteiger partial charge in [0.1, 0.15) is 5.69 Å². The van der Waals surface area contributed by atoms with Crippen molar-refractivity contribution in [3.05, 3.63) is 26.3 Å². The quantitative estimate of drug-likeness (QED) is 0.672. The van der Waals surface area contributed by atoms with Gasteiger partial charge in [-0.1, -0.05) is 19.3 Å². The second-order valence-electron chi connectivity index (χ2n) is 5.24. The van der Waals surface area contributed by atoms with E-state index in [4.69, 9.17) is 0 Å². The lowest BCUT2D eigenvalue weighted by atomic mass is 9.95. The molecule has 0 aliphatic heterocycles. The highest BCUT2D eigenvalue weighted by molar-refractivity contribution is 5.98. The van der Waals surface area contributed by atoms with Crippen LogP contribution in [0, 0.1) is 20.2 Å². The van der Waals surface area contributed by atoms with E-state index in [1.54, 1.807) is 0 Å². The number of rotatable bonds is 4. The first kappa shape index (κ1) is 14.2. The zero-order valence-electron chi connectivity index (χ0n) is 11.5. The molecule has 0 saturated heterocycles. The number of nitro benzene ring substituents is 2. The van der Waals surface area contributed by atoms with Gasteiger partial charge in [-0.2, -0.15) is 0 Å². The molecule has 2 aromatic rings. The second-order valence-corrected chi connectivity index (χ2v) is 5.24. The first-order chi connectivity index (χ1) is 10.6. The van der Waals surface area contributed by atoms with Crippen LogP contribution in [-0.4, -0.2) is 26.2 Å². The van der Waals surface area contributed by atoms with Gasteiger partial charge in [-0.25, -0.2) is 4.63 Å². The summed E-state index contributed by atoms with van der Waals surface area (Å²) in [5.74, 6) is 0. The summed E-state index contributed by atoms with van der Waals surface area (Å²) in [6.07, 6.45) is 5.00. The zero-order valence-corrected chi connectivity index (χ0v) is 11.5. The summed E-state index contributed by atoms with van der Waals surface area (Å²) < 4.78 is 4.55. The Balaban J connectivity index is 2.12. The molecule has 10 heteroatoms. The predicted molar refractivity (Wildman–Crippen MR) is 75.6 cm³/mol. The molecule has 0 spiro atoms. The number of benzene rings is 1. The Labute approximate surface area is 123 Å². The molecule has 0 amide bonds. The van der Waals surface area contributed by atoms with E-state index < -0.39 is 15.5 Å². The van der Waals surface area contributed by atoms with E-state index in [0.717, 1.165) is 38.2 Å². The van der Waals surface area contributed by atoms with Gasteiger partial charge < -0.3 is 5.32 Å². The molecule has 10 nitrogen and oxygen atoms in total. The van der Waals surface area contributed by atoms with Crippen molar-refractivity contribution in [2.75, 3.05) is 5.32 Å². The number of nitro groups is 2. The molecular formula is C12H13N5O5. The fourth-order valence-electron chi connectivity index (χ4n) is 2.79. The molecule has 1 aromatic carbocycles. The molecule has 1 fully saturated rings. The summed E-state index contributed by atoms with van der Waals surface area (Å²) in [7, 11) is 0. The van der Waals surface area contributed by atoms with Crippen LogP contribution in [0.1, 0.15) is 32.1 Å². The predicted octanol–water partition coefficient (Wildman–Crippen LogP) is 2.78. The average molecular weight is 307 g/mol. The maximum absolute atomic E-state index is 11.3. The normalized spacial score (nSPS) is 15.8. The molecule has 0 unspecified atom stereocenters. The summed E-state index contributed by atoms with van der Waals surface area (Å²) in [6.45, 7) is 0. The minimum absolute atomic E-state index is 0.0199. The van der Waals surface area contributed by atoms with Crippen molar-refractivity contribution < 1.29 is 14.5 Å². The summed E-state index contributed by atoms with van der Waals surface area (Å²) in [4.78, 5) is 20.9. The van der Waals surface area contributed by atoms with Crippen molar-refractivity contribution in [1.29, 1.82) is 0 Å². The Morgan fingerprint density at radius 3 is 2.32 bits per heavy atom. The number of nitrogens with one attached hydrogen (secondary N) is 1. The van der Waals surface area contributed by atoms with Crippen LogP contribution in [0.15, 0.2) is 10.7 Å². The number of hydrogen-bond donors (Lipinski definition) is 1. The van der Waals surface area contributed by atoms with E-state index in [0.29, 0.717) is 0 Å². The van der Waals surface area contributed by atoms with Crippen molar-refractivity contribution in [3.63, 3.8) is 0 Å². The van der Waals surface area contributed by atoms with Crippen molar-refractivity contribution in [2.45, 2.75) is 38.1 Å². The number of nitrogens with zero attached hydrogens (tertiary/aromatic N) is 4. The summed E-state index contributed by atoms with van der Waals surface area (Å²) in [5, 5.41) is 32.5. The highest BCUT2D eigenvalue weighted by Gasteiger charge is 2.30. The third-order valence-electron chi connectivity index (χ3n) is 3.84. The fraction of sp³-hybridized carbons (Fsp3) is 0.500. The molecule has 0 atom stereocenters. The Morgan fingerprint density at radius 1 is 1.05 bits per heavy atom. The average Bonchev–Trinajstić information content (AvgIpc) is 2.97. The van der Waals surface area contributed by atoms with Crippen LogP contribution in [0.2, 0.25) is 0 Å². The van der Waals surface area contributed by atoms with Crippen LogP contribution in [0.3, 0.4) is 0 Å². The van der Waals surface area contributed by atoms with Gasteiger partial charge in [-0.15, -0.1) is 0 Å². The number of aromatic nitrogens is 2. The summed E-state index contributed by atoms with van der Waals surface area (Å²) in [6, 6.07) is 0.978. The van der Waals surface area contributed by atoms with Crippen molar-refractivity contribution in [3.8, 4) is 0 Å². The van der Waals surface area contributed by atoms with E-state index in [-0.39, 0.29) is 28.5 Å². The van der Waals surface area contributed by atoms with Crippen molar-refractivity contribution in [1.82, 2.24) is 10.3 Å². The minimum atomic E-state index is -0.732. The SMILES string of the molecule is O=[N+]([O-])c1cc([N+](=O)[O-])c2nonc2c1NC1CCCCC1. The number of fused-ring (bicyclic) bond motifs is 1. The molecule has 1 aliphatic rings. The minimum Gasteiger partial charge on any atom is -0.375 e. The number of non-ortho nitro benzene ring substituents is 1. The molecule has 3 rings (SSSR count). The smallest absolute Gasteiger partial charge is 0.307 e. The van der Waals surface area contributed by atoms with E-state index in [1.807, 2.05) is 0 Å². The van der Waals surface area contributed by atoms with Gasteiger partial charge in [0, 0.05) is 6.04 Å². The lowest BCUT2D eigenvalue weighted by Crippen LogP contribution is -2.23. The molecule has 1 aromatic heterocycles. The van der Waals surface area contributed by atoms with E-state index in [9.17, 15) is 20.2 Å². The molecule has 0 radical (unpaired) electrons. The van der Waals surface area contributed by atoms with Crippen LogP contribution >= 0.6 is 0 Å². The first-order valence-corrected chi connectivity index (χ1v) is 6.92. The van der Waals surface area contributed by atoms with E-state index in [1.165, 1.54) is 0 Å². The van der Waals surface area contributed by atoms with E-state index in [2.05, 4.69) is 20.3 Å². The lowest BCUT2D eigenvalue weighted by Gasteiger charge is -2.23. The molecule has 116 valence electrons. The first-order valence-electron chi connectivity index (χ1n) is 6.92. The molecular weight excluding hydrogens is 294 g/mol. The van der Waals surface area contributed by atoms with Crippen LogP contribution in [0.25, 0.3) is 11.0 Å². The highest BCUT2D eigenvalue weighted by atomic mass is 16.6. The van der Waals surface area contributed by atoms with Crippen LogP contribution < -0.4 is 5.32 Å². The fourth-order valence-corrected chi connectivity index (χ4v) is 2.79. The maximum Gasteiger partial charge on any atom is 0.307 e. The largest absolute Gasteiger partial charge is 0.375 e. The van der Waals surface area contributed by atoms with E-state index >= 15 is 0 Å². The maximum atomic E-state index is 11.3. The molecule has 1 aliphatic carbocycles. The highest BCUT2D eigenvalue weighted by Crippen LogP contribution is 2.38. The number of hydrogen-bond acceptors (Lipinski definition) is 8. The molecule has 1 N–H and O–H groups in total. The van der Waals surface area contributed by atoms with Gasteiger partial charge in [0.15, 0.2) is 5.52 Å². The lowest BCUT2D eigenvalue weighted by molar-refractivity contribution is -0.392. The van der Waals surface area contributed by atoms with Gasteiger partial charge in [-0.05, 0) is 23.2 Å². The third-order valence-corrected chi connectivity index (χ3v) is 3.84. The van der Waals surface area contributed by atoms with Gasteiger partial charge in [-0.3, -0.25) is 20.2 Å². The monoisotopic (exact) mass is 307 g/mol. The van der Waals surface area contributed by atoms with Gasteiger partial charge in [0.25, 0.3) is 0 Å². The van der Waals surface area contributed by atoms with Crippen molar-refractivity contribution in [2.24, 2.45) is 0 Å². The Bertz CT molecular complexity index is 737. The van der Waals surface area contributed by atoms with Gasteiger partial charge in [0.2, 0.25) is 5.52 Å². The van der Waals surface area contributed by atoms with Gasteiger partial charge in [0.05, 0.1) is 15.9 Å². The second kappa shape index (κ2) is 5.54. The zero-order chi connectivity index (χ0) is 15.7. The topological polar surface area (TPSA) is 137 Å². The Hall–Kier alpha value is -2.78. The van der Waals surface area contributed by atoms with Crippen LogP contribution in [0.5, 0.6) is 0 Å². The summed E-state index contributed by atoms with van der Waals surface area (Å²) in [5.41, 5.74) is -0.809. The summed E-state index contributed by atoms with van der Waals surface area (Å²) >= 11 is 0.